The van der Waals surface area contributed by atoms with Crippen molar-refractivity contribution in [3.63, 3.8) is 0 Å². The average molecular weight is 174 g/mol. The van der Waals surface area contributed by atoms with Crippen LogP contribution in [-0.4, -0.2) is 19.1 Å². The highest BCUT2D eigenvalue weighted by Gasteiger charge is 2.09. The molecular formula is C11H14N2. The molecule has 0 N–H and O–H groups in total. The largest absolute Gasteiger partial charge is 0.362 e. The number of hydrogen-bond acceptors (Lipinski definition) is 2. The summed E-state index contributed by atoms with van der Waals surface area (Å²) >= 11 is 0. The molecule has 0 aliphatic rings. The molecule has 0 fully saturated rings. The Morgan fingerprint density at radius 1 is 1.54 bits per heavy atom. The Morgan fingerprint density at radius 3 is 2.77 bits per heavy atom. The Bertz CT molecular complexity index is 323. The van der Waals surface area contributed by atoms with Gasteiger partial charge in [-0.3, -0.25) is 0 Å². The first-order valence-electron chi connectivity index (χ1n) is 4.25. The molecule has 2 nitrogen and oxygen atoms in total. The molecule has 1 aromatic rings. The summed E-state index contributed by atoms with van der Waals surface area (Å²) in [6, 6.07) is 3.93. The molecule has 13 heavy (non-hydrogen) atoms. The molecule has 0 saturated heterocycles. The van der Waals surface area contributed by atoms with E-state index < -0.39 is 0 Å². The number of rotatable bonds is 2. The van der Waals surface area contributed by atoms with Crippen LogP contribution in [0.2, 0.25) is 0 Å². The summed E-state index contributed by atoms with van der Waals surface area (Å²) in [6.45, 7) is 2.00. The molecular weight excluding hydrogens is 160 g/mol. The van der Waals surface area contributed by atoms with Crippen LogP contribution in [0.5, 0.6) is 0 Å². The zero-order chi connectivity index (χ0) is 9.84. The quantitative estimate of drug-likeness (QED) is 0.636. The van der Waals surface area contributed by atoms with Crippen LogP contribution in [0.1, 0.15) is 18.4 Å². The smallest absolute Gasteiger partial charge is 0.132 e. The van der Waals surface area contributed by atoms with Crippen molar-refractivity contribution in [3.8, 4) is 12.3 Å². The van der Waals surface area contributed by atoms with Crippen molar-refractivity contribution in [1.82, 2.24) is 4.98 Å². The third-order valence-electron chi connectivity index (χ3n) is 1.96. The summed E-state index contributed by atoms with van der Waals surface area (Å²) < 4.78 is 0. The van der Waals surface area contributed by atoms with E-state index in [1.54, 1.807) is 6.20 Å². The Hall–Kier alpha value is -1.49. The molecule has 1 aromatic heterocycles. The monoisotopic (exact) mass is 174 g/mol. The SMILES string of the molecule is C#CC(C)c1cccnc1N(C)C. The maximum atomic E-state index is 5.38. The Morgan fingerprint density at radius 2 is 2.23 bits per heavy atom. The average Bonchev–Trinajstić information content (AvgIpc) is 2.16. The minimum atomic E-state index is 0.117. The standard InChI is InChI=1S/C11H14N2/c1-5-9(2)10-7-6-8-12-11(10)13(3)4/h1,6-9H,2-4H3. The van der Waals surface area contributed by atoms with Crippen LogP contribution in [0, 0.1) is 12.3 Å². The van der Waals surface area contributed by atoms with Crippen molar-refractivity contribution < 1.29 is 0 Å². The zero-order valence-electron chi connectivity index (χ0n) is 8.28. The number of anilines is 1. The van der Waals surface area contributed by atoms with E-state index in [4.69, 9.17) is 6.42 Å². The van der Waals surface area contributed by atoms with Crippen molar-refractivity contribution in [2.75, 3.05) is 19.0 Å². The number of terminal acetylenes is 1. The highest BCUT2D eigenvalue weighted by molar-refractivity contribution is 5.49. The van der Waals surface area contributed by atoms with E-state index in [2.05, 4.69) is 10.9 Å². The van der Waals surface area contributed by atoms with E-state index in [1.807, 2.05) is 38.1 Å². The molecule has 0 bridgehead atoms. The fraction of sp³-hybridized carbons (Fsp3) is 0.364. The van der Waals surface area contributed by atoms with Gasteiger partial charge in [0.25, 0.3) is 0 Å². The van der Waals surface area contributed by atoms with Gasteiger partial charge in [0.2, 0.25) is 0 Å². The highest BCUT2D eigenvalue weighted by Crippen LogP contribution is 2.22. The number of nitrogens with zero attached hydrogens (tertiary/aromatic N) is 2. The lowest BCUT2D eigenvalue weighted by Gasteiger charge is -2.17. The van der Waals surface area contributed by atoms with Gasteiger partial charge in [-0.25, -0.2) is 4.98 Å². The van der Waals surface area contributed by atoms with Crippen LogP contribution in [0.15, 0.2) is 18.3 Å². The molecule has 1 atom stereocenters. The second-order valence-electron chi connectivity index (χ2n) is 3.20. The van der Waals surface area contributed by atoms with Crippen LogP contribution in [0.3, 0.4) is 0 Å². The van der Waals surface area contributed by atoms with Crippen molar-refractivity contribution in [1.29, 1.82) is 0 Å². The number of hydrogen-bond donors (Lipinski definition) is 0. The Balaban J connectivity index is 3.13. The lowest BCUT2D eigenvalue weighted by Crippen LogP contribution is -2.13. The van der Waals surface area contributed by atoms with E-state index in [9.17, 15) is 0 Å². The third-order valence-corrected chi connectivity index (χ3v) is 1.96. The number of pyridine rings is 1. The molecule has 0 aliphatic heterocycles. The molecule has 1 unspecified atom stereocenters. The van der Waals surface area contributed by atoms with Gasteiger partial charge in [0.15, 0.2) is 0 Å². The van der Waals surface area contributed by atoms with E-state index in [1.165, 1.54) is 0 Å². The summed E-state index contributed by atoms with van der Waals surface area (Å²) in [5, 5.41) is 0. The molecule has 0 aliphatic carbocycles. The minimum Gasteiger partial charge on any atom is -0.362 e. The van der Waals surface area contributed by atoms with Crippen LogP contribution in [0.4, 0.5) is 5.82 Å². The summed E-state index contributed by atoms with van der Waals surface area (Å²) in [4.78, 5) is 6.25. The Labute approximate surface area is 79.6 Å². The lowest BCUT2D eigenvalue weighted by atomic mass is 10.0. The lowest BCUT2D eigenvalue weighted by molar-refractivity contribution is 0.950. The van der Waals surface area contributed by atoms with Crippen LogP contribution >= 0.6 is 0 Å². The third kappa shape index (κ3) is 2.00. The van der Waals surface area contributed by atoms with Gasteiger partial charge in [-0.15, -0.1) is 6.42 Å². The van der Waals surface area contributed by atoms with Crippen molar-refractivity contribution in [2.45, 2.75) is 12.8 Å². The van der Waals surface area contributed by atoms with Gasteiger partial charge in [0, 0.05) is 31.8 Å². The van der Waals surface area contributed by atoms with Gasteiger partial charge in [0.1, 0.15) is 5.82 Å². The maximum absolute atomic E-state index is 5.38. The molecule has 68 valence electrons. The van der Waals surface area contributed by atoms with Crippen LogP contribution in [0.25, 0.3) is 0 Å². The summed E-state index contributed by atoms with van der Waals surface area (Å²) in [5.41, 5.74) is 1.11. The van der Waals surface area contributed by atoms with Gasteiger partial charge in [-0.05, 0) is 13.0 Å². The van der Waals surface area contributed by atoms with Gasteiger partial charge in [-0.2, -0.15) is 0 Å². The molecule has 2 heteroatoms. The molecule has 0 amide bonds. The first-order chi connectivity index (χ1) is 6.16. The van der Waals surface area contributed by atoms with Gasteiger partial charge >= 0.3 is 0 Å². The highest BCUT2D eigenvalue weighted by atomic mass is 15.1. The number of aromatic nitrogens is 1. The second-order valence-corrected chi connectivity index (χ2v) is 3.20. The van der Waals surface area contributed by atoms with Crippen LogP contribution in [-0.2, 0) is 0 Å². The Kier molecular flexibility index (Phi) is 2.92. The summed E-state index contributed by atoms with van der Waals surface area (Å²) in [6.07, 6.45) is 7.16. The fourth-order valence-corrected chi connectivity index (χ4v) is 1.21. The molecule has 0 spiro atoms. The van der Waals surface area contributed by atoms with Crippen molar-refractivity contribution in [2.24, 2.45) is 0 Å². The van der Waals surface area contributed by atoms with E-state index in [0.29, 0.717) is 0 Å². The predicted molar refractivity (Wildman–Crippen MR) is 55.8 cm³/mol. The maximum Gasteiger partial charge on any atom is 0.132 e. The second kappa shape index (κ2) is 3.95. The van der Waals surface area contributed by atoms with Crippen LogP contribution < -0.4 is 4.90 Å². The normalized spacial score (nSPS) is 11.8. The fourth-order valence-electron chi connectivity index (χ4n) is 1.21. The zero-order valence-corrected chi connectivity index (χ0v) is 8.28. The van der Waals surface area contributed by atoms with E-state index in [-0.39, 0.29) is 5.92 Å². The summed E-state index contributed by atoms with van der Waals surface area (Å²) in [7, 11) is 3.93. The van der Waals surface area contributed by atoms with Crippen molar-refractivity contribution >= 4 is 5.82 Å². The van der Waals surface area contributed by atoms with Gasteiger partial charge < -0.3 is 4.90 Å². The first-order valence-corrected chi connectivity index (χ1v) is 4.25. The topological polar surface area (TPSA) is 16.1 Å². The van der Waals surface area contributed by atoms with Gasteiger partial charge in [-0.1, -0.05) is 12.0 Å². The predicted octanol–water partition coefficient (Wildman–Crippen LogP) is 1.88. The molecule has 1 rings (SSSR count). The summed E-state index contributed by atoms with van der Waals surface area (Å²) in [5.74, 6) is 3.78. The van der Waals surface area contributed by atoms with E-state index >= 15 is 0 Å². The van der Waals surface area contributed by atoms with E-state index in [0.717, 1.165) is 11.4 Å². The van der Waals surface area contributed by atoms with Crippen molar-refractivity contribution in [3.05, 3.63) is 23.9 Å². The molecule has 0 radical (unpaired) electrons. The molecule has 1 heterocycles. The molecule has 0 saturated carbocycles. The van der Waals surface area contributed by atoms with Gasteiger partial charge in [0.05, 0.1) is 0 Å². The first kappa shape index (κ1) is 9.60. The minimum absolute atomic E-state index is 0.117. The molecule has 0 aromatic carbocycles.